The summed E-state index contributed by atoms with van der Waals surface area (Å²) in [7, 11) is 2.13. The molecule has 0 N–H and O–H groups in total. The molecule has 4 nitrogen and oxygen atoms in total. The fourth-order valence-corrected chi connectivity index (χ4v) is 5.33. The van der Waals surface area contributed by atoms with E-state index in [1.807, 2.05) is 36.4 Å². The number of hydrogen-bond acceptors (Lipinski definition) is 2. The summed E-state index contributed by atoms with van der Waals surface area (Å²) < 4.78 is 10.8. The highest BCUT2D eigenvalue weighted by Gasteiger charge is 2.28. The number of rotatable bonds is 4. The van der Waals surface area contributed by atoms with Crippen molar-refractivity contribution in [2.75, 3.05) is 0 Å². The minimum Gasteiger partial charge on any atom is -0.436 e. The SMILES string of the molecule is Cc1cc2oc(-c3ccccc3)nc2cc1-c1n(-c2ccc(-c3ccccc3)cc2)c2ccccc2[n+]1C. The van der Waals surface area contributed by atoms with Gasteiger partial charge >= 0.3 is 0 Å². The van der Waals surface area contributed by atoms with Gasteiger partial charge in [-0.2, -0.15) is 4.57 Å². The van der Waals surface area contributed by atoms with Crippen LogP contribution < -0.4 is 4.57 Å². The normalized spacial score (nSPS) is 11.4. The molecule has 38 heavy (non-hydrogen) atoms. The van der Waals surface area contributed by atoms with Gasteiger partial charge in [0.2, 0.25) is 5.89 Å². The van der Waals surface area contributed by atoms with Gasteiger partial charge in [0.15, 0.2) is 16.6 Å². The van der Waals surface area contributed by atoms with Crippen LogP contribution >= 0.6 is 0 Å². The second-order valence-corrected chi connectivity index (χ2v) is 9.64. The van der Waals surface area contributed by atoms with Crippen LogP contribution in [0.3, 0.4) is 0 Å². The van der Waals surface area contributed by atoms with Crippen molar-refractivity contribution in [2.24, 2.45) is 7.05 Å². The van der Waals surface area contributed by atoms with Crippen LogP contribution in [0.15, 0.2) is 126 Å². The zero-order valence-corrected chi connectivity index (χ0v) is 21.3. The number of hydrogen-bond donors (Lipinski definition) is 0. The van der Waals surface area contributed by atoms with Gasteiger partial charge in [-0.3, -0.25) is 0 Å². The molecule has 0 radical (unpaired) electrons. The zero-order valence-electron chi connectivity index (χ0n) is 21.3. The van der Waals surface area contributed by atoms with Crippen molar-refractivity contribution >= 4 is 22.1 Å². The van der Waals surface area contributed by atoms with Gasteiger partial charge in [-0.05, 0) is 72.1 Å². The summed E-state index contributed by atoms with van der Waals surface area (Å²) in [4.78, 5) is 4.86. The maximum absolute atomic E-state index is 6.16. The Bertz CT molecular complexity index is 1910. The quantitative estimate of drug-likeness (QED) is 0.234. The smallest absolute Gasteiger partial charge is 0.295 e. The number of aryl methyl sites for hydroxylation is 2. The Labute approximate surface area is 221 Å². The lowest BCUT2D eigenvalue weighted by Gasteiger charge is -2.08. The fraction of sp³-hybridized carbons (Fsp3) is 0.0588. The largest absolute Gasteiger partial charge is 0.436 e. The molecule has 0 bridgehead atoms. The molecule has 182 valence electrons. The Kier molecular flexibility index (Phi) is 5.19. The van der Waals surface area contributed by atoms with E-state index in [-0.39, 0.29) is 0 Å². The fourth-order valence-electron chi connectivity index (χ4n) is 5.33. The molecule has 0 saturated heterocycles. The maximum Gasteiger partial charge on any atom is 0.295 e. The minimum atomic E-state index is 0.638. The third-order valence-corrected chi connectivity index (χ3v) is 7.24. The molecule has 4 heteroatoms. The third kappa shape index (κ3) is 3.61. The highest BCUT2D eigenvalue weighted by Crippen LogP contribution is 2.34. The summed E-state index contributed by atoms with van der Waals surface area (Å²) in [6, 6.07) is 42.1. The van der Waals surface area contributed by atoms with E-state index >= 15 is 0 Å². The van der Waals surface area contributed by atoms with E-state index in [2.05, 4.69) is 108 Å². The average Bonchev–Trinajstić information content (AvgIpc) is 3.52. The first-order valence-electron chi connectivity index (χ1n) is 12.8. The molecule has 0 amide bonds. The maximum atomic E-state index is 6.16. The first kappa shape index (κ1) is 22.3. The van der Waals surface area contributed by atoms with Gasteiger partial charge in [-0.1, -0.05) is 72.8 Å². The Balaban J connectivity index is 1.42. The number of aromatic nitrogens is 3. The van der Waals surface area contributed by atoms with Crippen molar-refractivity contribution in [3.63, 3.8) is 0 Å². The van der Waals surface area contributed by atoms with Crippen molar-refractivity contribution in [3.05, 3.63) is 127 Å². The predicted octanol–water partition coefficient (Wildman–Crippen LogP) is 7.91. The Hall–Kier alpha value is -4.96. The van der Waals surface area contributed by atoms with Crippen LogP contribution in [0.4, 0.5) is 0 Å². The molecule has 0 unspecified atom stereocenters. The first-order chi connectivity index (χ1) is 18.7. The van der Waals surface area contributed by atoms with Gasteiger partial charge in [0, 0.05) is 5.56 Å². The molecule has 0 aliphatic heterocycles. The number of oxazole rings is 1. The summed E-state index contributed by atoms with van der Waals surface area (Å²) in [5.74, 6) is 1.74. The molecule has 0 atom stereocenters. The second kappa shape index (κ2) is 8.86. The van der Waals surface area contributed by atoms with E-state index < -0.39 is 0 Å². The number of imidazole rings is 1. The van der Waals surface area contributed by atoms with E-state index in [1.165, 1.54) is 16.6 Å². The molecule has 0 aliphatic rings. The van der Waals surface area contributed by atoms with Crippen molar-refractivity contribution in [1.29, 1.82) is 0 Å². The second-order valence-electron chi connectivity index (χ2n) is 9.64. The highest BCUT2D eigenvalue weighted by molar-refractivity contribution is 5.86. The lowest BCUT2D eigenvalue weighted by molar-refractivity contribution is -0.633. The third-order valence-electron chi connectivity index (χ3n) is 7.24. The molecule has 0 aliphatic carbocycles. The van der Waals surface area contributed by atoms with Crippen molar-refractivity contribution < 1.29 is 8.98 Å². The van der Waals surface area contributed by atoms with E-state index in [1.54, 1.807) is 0 Å². The summed E-state index contributed by atoms with van der Waals surface area (Å²) in [6.45, 7) is 2.14. The molecule has 2 aromatic heterocycles. The van der Waals surface area contributed by atoms with Crippen LogP contribution in [0.25, 0.3) is 61.8 Å². The summed E-state index contributed by atoms with van der Waals surface area (Å²) >= 11 is 0. The number of fused-ring (bicyclic) bond motifs is 2. The molecule has 0 saturated carbocycles. The van der Waals surface area contributed by atoms with Crippen LogP contribution in [0, 0.1) is 6.92 Å². The van der Waals surface area contributed by atoms with E-state index in [0.717, 1.165) is 44.8 Å². The van der Waals surface area contributed by atoms with Crippen molar-refractivity contribution in [3.8, 4) is 39.7 Å². The average molecular weight is 493 g/mol. The molecular weight excluding hydrogens is 466 g/mol. The molecule has 7 aromatic rings. The van der Waals surface area contributed by atoms with Gasteiger partial charge in [0.1, 0.15) is 11.2 Å². The van der Waals surface area contributed by atoms with Gasteiger partial charge in [0.05, 0.1) is 12.6 Å². The summed E-state index contributed by atoms with van der Waals surface area (Å²) in [5, 5.41) is 0. The molecule has 0 fully saturated rings. The van der Waals surface area contributed by atoms with Crippen LogP contribution in [-0.4, -0.2) is 9.55 Å². The highest BCUT2D eigenvalue weighted by atomic mass is 16.3. The topological polar surface area (TPSA) is 34.8 Å². The lowest BCUT2D eigenvalue weighted by atomic mass is 10.0. The Morgan fingerprint density at radius 3 is 2.05 bits per heavy atom. The molecular formula is C34H26N3O+. The van der Waals surface area contributed by atoms with Gasteiger partial charge < -0.3 is 4.42 Å². The standard InChI is InChI=1S/C34H26N3O/c1-23-21-32-29(35-33(38-32)26-13-7-4-8-14-26)22-28(23)34-36(2)30-15-9-10-16-31(30)37(34)27-19-17-25(18-20-27)24-11-5-3-6-12-24/h3-22H,1-2H3/q+1. The van der Waals surface area contributed by atoms with Crippen LogP contribution in [-0.2, 0) is 7.05 Å². The van der Waals surface area contributed by atoms with E-state index in [9.17, 15) is 0 Å². The predicted molar refractivity (Wildman–Crippen MR) is 153 cm³/mol. The van der Waals surface area contributed by atoms with E-state index in [0.29, 0.717) is 5.89 Å². The molecule has 7 rings (SSSR count). The summed E-state index contributed by atoms with van der Waals surface area (Å²) in [6.07, 6.45) is 0. The zero-order chi connectivity index (χ0) is 25.6. The van der Waals surface area contributed by atoms with Crippen molar-refractivity contribution in [2.45, 2.75) is 6.92 Å². The van der Waals surface area contributed by atoms with Crippen LogP contribution in [0.2, 0.25) is 0 Å². The monoisotopic (exact) mass is 492 g/mol. The molecule has 2 heterocycles. The minimum absolute atomic E-state index is 0.638. The number of nitrogens with zero attached hydrogens (tertiary/aromatic N) is 3. The summed E-state index contributed by atoms with van der Waals surface area (Å²) in [5.41, 5.74) is 10.7. The molecule has 5 aromatic carbocycles. The number of para-hydroxylation sites is 2. The Morgan fingerprint density at radius 2 is 1.32 bits per heavy atom. The number of benzene rings is 5. The van der Waals surface area contributed by atoms with Gasteiger partial charge in [-0.15, -0.1) is 0 Å². The van der Waals surface area contributed by atoms with Crippen molar-refractivity contribution in [1.82, 2.24) is 9.55 Å². The first-order valence-corrected chi connectivity index (χ1v) is 12.8. The lowest BCUT2D eigenvalue weighted by Crippen LogP contribution is -2.30. The molecule has 0 spiro atoms. The van der Waals surface area contributed by atoms with Crippen LogP contribution in [0.5, 0.6) is 0 Å². The van der Waals surface area contributed by atoms with Crippen LogP contribution in [0.1, 0.15) is 5.56 Å². The Morgan fingerprint density at radius 1 is 0.684 bits per heavy atom. The van der Waals surface area contributed by atoms with Gasteiger partial charge in [-0.25, -0.2) is 9.55 Å². The van der Waals surface area contributed by atoms with E-state index in [4.69, 9.17) is 9.40 Å². The van der Waals surface area contributed by atoms with Gasteiger partial charge in [0.25, 0.3) is 5.82 Å².